The molecule has 0 unspecified atom stereocenters. The fourth-order valence-corrected chi connectivity index (χ4v) is 3.21. The summed E-state index contributed by atoms with van der Waals surface area (Å²) in [6.07, 6.45) is 1.71. The zero-order valence-corrected chi connectivity index (χ0v) is 13.6. The fourth-order valence-electron chi connectivity index (χ4n) is 2.37. The van der Waals surface area contributed by atoms with Gasteiger partial charge in [0.1, 0.15) is 5.75 Å². The minimum atomic E-state index is -0.294. The Balaban J connectivity index is 1.95. The Morgan fingerprint density at radius 2 is 1.87 bits per heavy atom. The average Bonchev–Trinajstić information content (AvgIpc) is 2.82. The normalized spacial score (nSPS) is 16.3. The van der Waals surface area contributed by atoms with Crippen LogP contribution in [-0.4, -0.2) is 18.3 Å². The molecule has 3 rings (SSSR count). The van der Waals surface area contributed by atoms with E-state index < -0.39 is 0 Å². The number of amides is 2. The lowest BCUT2D eigenvalue weighted by Crippen LogP contribution is -2.28. The number of carbonyl (C=O) groups excluding carboxylic acids is 2. The Hall–Kier alpha value is -2.53. The minimum Gasteiger partial charge on any atom is -0.497 e. The summed E-state index contributed by atoms with van der Waals surface area (Å²) in [6.45, 7) is 1.88. The van der Waals surface area contributed by atoms with Gasteiger partial charge >= 0.3 is 0 Å². The monoisotopic (exact) mass is 325 g/mol. The number of thioether (sulfide) groups is 1. The van der Waals surface area contributed by atoms with E-state index in [4.69, 9.17) is 4.74 Å². The molecule has 2 aromatic rings. The highest BCUT2D eigenvalue weighted by molar-refractivity contribution is 8.19. The summed E-state index contributed by atoms with van der Waals surface area (Å²) in [6, 6.07) is 14.7. The molecule has 2 aromatic carbocycles. The highest BCUT2D eigenvalue weighted by Crippen LogP contribution is 2.37. The number of aryl methyl sites for hydroxylation is 1. The summed E-state index contributed by atoms with van der Waals surface area (Å²) >= 11 is 0.951. The van der Waals surface area contributed by atoms with Gasteiger partial charge in [-0.25, -0.2) is 4.90 Å². The van der Waals surface area contributed by atoms with Gasteiger partial charge < -0.3 is 4.74 Å². The van der Waals surface area contributed by atoms with Crippen molar-refractivity contribution in [3.63, 3.8) is 0 Å². The standard InChI is InChI=1S/C18H15NO3S/c1-12-6-3-4-9-15(12)19-17(20)16(23-18(19)21)11-13-7-5-8-14(10-13)22-2/h3-11H,1-2H3/b16-11-. The molecule has 0 N–H and O–H groups in total. The van der Waals surface area contributed by atoms with Crippen molar-refractivity contribution >= 4 is 34.7 Å². The van der Waals surface area contributed by atoms with Gasteiger partial charge in [-0.05, 0) is 54.1 Å². The first kappa shape index (κ1) is 15.4. The van der Waals surface area contributed by atoms with Gasteiger partial charge in [0.25, 0.3) is 11.1 Å². The summed E-state index contributed by atoms with van der Waals surface area (Å²) in [4.78, 5) is 26.5. The maximum absolute atomic E-state index is 12.6. The number of anilines is 1. The molecule has 0 spiro atoms. The van der Waals surface area contributed by atoms with E-state index in [9.17, 15) is 9.59 Å². The van der Waals surface area contributed by atoms with Gasteiger partial charge in [-0.15, -0.1) is 0 Å². The first-order valence-corrected chi connectivity index (χ1v) is 7.89. The van der Waals surface area contributed by atoms with Crippen molar-refractivity contribution in [3.8, 4) is 5.75 Å². The van der Waals surface area contributed by atoms with E-state index in [2.05, 4.69) is 0 Å². The molecule has 1 saturated heterocycles. The number of carbonyl (C=O) groups is 2. The van der Waals surface area contributed by atoms with E-state index in [-0.39, 0.29) is 11.1 Å². The van der Waals surface area contributed by atoms with Crippen molar-refractivity contribution < 1.29 is 14.3 Å². The zero-order chi connectivity index (χ0) is 16.4. The molecule has 23 heavy (non-hydrogen) atoms. The largest absolute Gasteiger partial charge is 0.497 e. The lowest BCUT2D eigenvalue weighted by Gasteiger charge is -2.14. The van der Waals surface area contributed by atoms with Crippen LogP contribution < -0.4 is 9.64 Å². The second-order valence-corrected chi connectivity index (χ2v) is 6.07. The van der Waals surface area contributed by atoms with Crippen LogP contribution in [0, 0.1) is 6.92 Å². The van der Waals surface area contributed by atoms with Crippen molar-refractivity contribution in [2.24, 2.45) is 0 Å². The first-order chi connectivity index (χ1) is 11.1. The SMILES string of the molecule is COc1cccc(/C=C2\SC(=O)N(c3ccccc3C)C2=O)c1. The Bertz CT molecular complexity index is 813. The predicted molar refractivity (Wildman–Crippen MR) is 92.6 cm³/mol. The van der Waals surface area contributed by atoms with E-state index in [1.807, 2.05) is 49.4 Å². The highest BCUT2D eigenvalue weighted by atomic mass is 32.2. The molecule has 0 saturated carbocycles. The molecule has 1 fully saturated rings. The van der Waals surface area contributed by atoms with E-state index in [0.717, 1.165) is 22.9 Å². The Kier molecular flexibility index (Phi) is 4.21. The van der Waals surface area contributed by atoms with Crippen LogP contribution >= 0.6 is 11.8 Å². The van der Waals surface area contributed by atoms with Gasteiger partial charge in [-0.1, -0.05) is 30.3 Å². The number of ether oxygens (including phenoxy) is 1. The van der Waals surface area contributed by atoms with Crippen LogP contribution in [0.4, 0.5) is 10.5 Å². The van der Waals surface area contributed by atoms with Gasteiger partial charge in [0.2, 0.25) is 0 Å². The van der Waals surface area contributed by atoms with Crippen molar-refractivity contribution in [1.29, 1.82) is 0 Å². The number of imide groups is 1. The zero-order valence-electron chi connectivity index (χ0n) is 12.8. The van der Waals surface area contributed by atoms with Crippen LogP contribution in [0.25, 0.3) is 6.08 Å². The molecule has 0 atom stereocenters. The predicted octanol–water partition coefficient (Wildman–Crippen LogP) is 4.24. The Morgan fingerprint density at radius 1 is 1.09 bits per heavy atom. The van der Waals surface area contributed by atoms with Gasteiger partial charge in [0, 0.05) is 0 Å². The van der Waals surface area contributed by atoms with E-state index in [1.165, 1.54) is 4.90 Å². The van der Waals surface area contributed by atoms with Gasteiger partial charge in [0.15, 0.2) is 0 Å². The third-order valence-corrected chi connectivity index (χ3v) is 4.41. The van der Waals surface area contributed by atoms with Crippen molar-refractivity contribution in [1.82, 2.24) is 0 Å². The van der Waals surface area contributed by atoms with Gasteiger partial charge in [0.05, 0.1) is 17.7 Å². The molecule has 0 bridgehead atoms. The number of nitrogens with zero attached hydrogens (tertiary/aromatic N) is 1. The smallest absolute Gasteiger partial charge is 0.298 e. The molecule has 0 aromatic heterocycles. The third kappa shape index (κ3) is 3.00. The summed E-state index contributed by atoms with van der Waals surface area (Å²) in [7, 11) is 1.59. The molecular formula is C18H15NO3S. The van der Waals surface area contributed by atoms with Crippen LogP contribution in [0.1, 0.15) is 11.1 Å². The van der Waals surface area contributed by atoms with Crippen LogP contribution in [0.5, 0.6) is 5.75 Å². The van der Waals surface area contributed by atoms with Crippen molar-refractivity contribution in [3.05, 3.63) is 64.6 Å². The maximum atomic E-state index is 12.6. The topological polar surface area (TPSA) is 46.6 Å². The number of hydrogen-bond donors (Lipinski definition) is 0. The van der Waals surface area contributed by atoms with Crippen LogP contribution in [-0.2, 0) is 4.79 Å². The van der Waals surface area contributed by atoms with Crippen molar-refractivity contribution in [2.45, 2.75) is 6.92 Å². The summed E-state index contributed by atoms with van der Waals surface area (Å²) in [5.74, 6) is 0.411. The fraction of sp³-hybridized carbons (Fsp3) is 0.111. The van der Waals surface area contributed by atoms with Gasteiger partial charge in [-0.2, -0.15) is 0 Å². The number of hydrogen-bond acceptors (Lipinski definition) is 4. The van der Waals surface area contributed by atoms with E-state index in [1.54, 1.807) is 19.3 Å². The number of rotatable bonds is 3. The van der Waals surface area contributed by atoms with Crippen LogP contribution in [0.2, 0.25) is 0 Å². The number of para-hydroxylation sites is 1. The van der Waals surface area contributed by atoms with Gasteiger partial charge in [-0.3, -0.25) is 9.59 Å². The van der Waals surface area contributed by atoms with Crippen LogP contribution in [0.3, 0.4) is 0 Å². The molecule has 0 aliphatic carbocycles. The second kappa shape index (κ2) is 6.30. The molecule has 116 valence electrons. The lowest BCUT2D eigenvalue weighted by molar-refractivity contribution is -0.113. The first-order valence-electron chi connectivity index (χ1n) is 7.08. The molecule has 1 aliphatic heterocycles. The summed E-state index contributed by atoms with van der Waals surface area (Å²) < 4.78 is 5.18. The number of methoxy groups -OCH3 is 1. The van der Waals surface area contributed by atoms with E-state index in [0.29, 0.717) is 16.3 Å². The molecular weight excluding hydrogens is 310 g/mol. The maximum Gasteiger partial charge on any atom is 0.298 e. The Morgan fingerprint density at radius 3 is 2.61 bits per heavy atom. The second-order valence-electron chi connectivity index (χ2n) is 5.08. The molecule has 4 nitrogen and oxygen atoms in total. The molecule has 1 heterocycles. The lowest BCUT2D eigenvalue weighted by atomic mass is 10.1. The number of benzene rings is 2. The minimum absolute atomic E-state index is 0.279. The quantitative estimate of drug-likeness (QED) is 0.792. The molecule has 2 amide bonds. The summed E-state index contributed by atoms with van der Waals surface area (Å²) in [5.41, 5.74) is 2.33. The summed E-state index contributed by atoms with van der Waals surface area (Å²) in [5, 5.41) is -0.279. The van der Waals surface area contributed by atoms with Crippen LogP contribution in [0.15, 0.2) is 53.4 Å². The van der Waals surface area contributed by atoms with E-state index >= 15 is 0 Å². The molecule has 0 radical (unpaired) electrons. The van der Waals surface area contributed by atoms with Crippen molar-refractivity contribution in [2.75, 3.05) is 12.0 Å². The highest BCUT2D eigenvalue weighted by Gasteiger charge is 2.36. The Labute approximate surface area is 138 Å². The third-order valence-electron chi connectivity index (χ3n) is 3.54. The molecule has 5 heteroatoms. The molecule has 1 aliphatic rings. The average molecular weight is 325 g/mol.